The molecule has 0 N–H and O–H groups in total. The number of rotatable bonds is 4. The molecule has 0 aliphatic rings. The Morgan fingerprint density at radius 3 is 2.57 bits per heavy atom. The quantitative estimate of drug-likeness (QED) is 0.721. The van der Waals surface area contributed by atoms with Crippen LogP contribution in [0, 0.1) is 6.92 Å². The van der Waals surface area contributed by atoms with Crippen molar-refractivity contribution in [3.05, 3.63) is 65.0 Å². The second kappa shape index (κ2) is 5.97. The van der Waals surface area contributed by atoms with Crippen molar-refractivity contribution in [2.24, 2.45) is 0 Å². The molecule has 21 heavy (non-hydrogen) atoms. The van der Waals surface area contributed by atoms with Crippen molar-refractivity contribution < 1.29 is 9.15 Å². The summed E-state index contributed by atoms with van der Waals surface area (Å²) in [5.41, 5.74) is 2.02. The molecule has 3 rings (SSSR count). The average molecular weight is 301 g/mol. The molecule has 0 atom stereocenters. The summed E-state index contributed by atoms with van der Waals surface area (Å²) in [6.07, 6.45) is 0. The molecule has 1 aromatic heterocycles. The van der Waals surface area contributed by atoms with Gasteiger partial charge >= 0.3 is 0 Å². The van der Waals surface area contributed by atoms with Crippen LogP contribution in [-0.2, 0) is 6.61 Å². The van der Waals surface area contributed by atoms with Crippen LogP contribution in [0.2, 0.25) is 5.02 Å². The topological polar surface area (TPSA) is 48.2 Å². The van der Waals surface area contributed by atoms with Gasteiger partial charge in [-0.1, -0.05) is 29.8 Å². The van der Waals surface area contributed by atoms with E-state index in [2.05, 4.69) is 10.2 Å². The first kappa shape index (κ1) is 13.6. The third-order valence-corrected chi connectivity index (χ3v) is 3.27. The van der Waals surface area contributed by atoms with Crippen LogP contribution in [0.3, 0.4) is 0 Å². The number of hydrogen-bond donors (Lipinski definition) is 0. The van der Waals surface area contributed by atoms with E-state index in [1.165, 1.54) is 0 Å². The first-order valence-electron chi connectivity index (χ1n) is 6.49. The lowest BCUT2D eigenvalue weighted by molar-refractivity contribution is 0.264. The zero-order valence-corrected chi connectivity index (χ0v) is 12.2. The van der Waals surface area contributed by atoms with Crippen LogP contribution in [0.15, 0.2) is 52.9 Å². The molecular weight excluding hydrogens is 288 g/mol. The first-order valence-corrected chi connectivity index (χ1v) is 6.87. The van der Waals surface area contributed by atoms with Crippen molar-refractivity contribution >= 4 is 11.6 Å². The Morgan fingerprint density at radius 1 is 1.05 bits per heavy atom. The molecule has 0 saturated heterocycles. The minimum Gasteiger partial charge on any atom is -0.484 e. The summed E-state index contributed by atoms with van der Waals surface area (Å²) in [7, 11) is 0. The van der Waals surface area contributed by atoms with Gasteiger partial charge in [-0.05, 0) is 42.8 Å². The maximum atomic E-state index is 5.82. The van der Waals surface area contributed by atoms with Gasteiger partial charge in [0.1, 0.15) is 5.75 Å². The Kier molecular flexibility index (Phi) is 3.88. The summed E-state index contributed by atoms with van der Waals surface area (Å²) in [5.74, 6) is 1.64. The van der Waals surface area contributed by atoms with Crippen molar-refractivity contribution in [2.75, 3.05) is 0 Å². The molecule has 0 radical (unpaired) electrons. The predicted octanol–water partition coefficient (Wildman–Crippen LogP) is 4.28. The van der Waals surface area contributed by atoms with Gasteiger partial charge in [0.2, 0.25) is 5.89 Å². The van der Waals surface area contributed by atoms with Gasteiger partial charge < -0.3 is 9.15 Å². The zero-order valence-electron chi connectivity index (χ0n) is 11.4. The van der Waals surface area contributed by atoms with Crippen LogP contribution in [0.5, 0.6) is 5.75 Å². The fourth-order valence-electron chi connectivity index (χ4n) is 1.91. The van der Waals surface area contributed by atoms with Crippen LogP contribution in [0.1, 0.15) is 11.5 Å². The first-order chi connectivity index (χ1) is 10.2. The van der Waals surface area contributed by atoms with E-state index in [9.17, 15) is 0 Å². The number of aromatic nitrogens is 2. The molecule has 106 valence electrons. The van der Waals surface area contributed by atoms with Crippen LogP contribution in [0.25, 0.3) is 11.5 Å². The molecule has 1 heterocycles. The van der Waals surface area contributed by atoms with E-state index in [0.717, 1.165) is 11.1 Å². The Morgan fingerprint density at radius 2 is 1.81 bits per heavy atom. The second-order valence-electron chi connectivity index (χ2n) is 4.56. The van der Waals surface area contributed by atoms with Gasteiger partial charge in [-0.3, -0.25) is 0 Å². The predicted molar refractivity (Wildman–Crippen MR) is 80.3 cm³/mol. The summed E-state index contributed by atoms with van der Waals surface area (Å²) < 4.78 is 11.2. The number of aryl methyl sites for hydroxylation is 1. The molecular formula is C16H13ClN2O2. The number of halogens is 1. The summed E-state index contributed by atoms with van der Waals surface area (Å²) in [6.45, 7) is 2.23. The molecule has 3 aromatic rings. The van der Waals surface area contributed by atoms with E-state index in [1.54, 1.807) is 24.3 Å². The zero-order chi connectivity index (χ0) is 14.7. The molecule has 0 bridgehead atoms. The number of benzene rings is 2. The van der Waals surface area contributed by atoms with Crippen molar-refractivity contribution in [1.29, 1.82) is 0 Å². The highest BCUT2D eigenvalue weighted by Crippen LogP contribution is 2.22. The van der Waals surface area contributed by atoms with Gasteiger partial charge in [0, 0.05) is 10.6 Å². The molecule has 0 spiro atoms. The average Bonchev–Trinajstić information content (AvgIpc) is 2.96. The fraction of sp³-hybridized carbons (Fsp3) is 0.125. The maximum Gasteiger partial charge on any atom is 0.254 e. The van der Waals surface area contributed by atoms with Gasteiger partial charge in [0.05, 0.1) is 0 Å². The van der Waals surface area contributed by atoms with Gasteiger partial charge in [-0.25, -0.2) is 0 Å². The monoisotopic (exact) mass is 300 g/mol. The lowest BCUT2D eigenvalue weighted by Crippen LogP contribution is -1.95. The van der Waals surface area contributed by atoms with Crippen molar-refractivity contribution in [3.8, 4) is 17.2 Å². The fourth-order valence-corrected chi connectivity index (χ4v) is 2.04. The van der Waals surface area contributed by atoms with Crippen LogP contribution >= 0.6 is 11.6 Å². The molecule has 5 heteroatoms. The third-order valence-electron chi connectivity index (χ3n) is 3.02. The van der Waals surface area contributed by atoms with Gasteiger partial charge in [-0.15, -0.1) is 10.2 Å². The standard InChI is InChI=1S/C16H13ClN2O2/c1-11-4-2-3-5-14(11)16-19-18-15(21-16)10-20-13-8-6-12(17)7-9-13/h2-9H,10H2,1H3. The molecule has 0 unspecified atom stereocenters. The summed E-state index contributed by atoms with van der Waals surface area (Å²) in [6, 6.07) is 15.0. The lowest BCUT2D eigenvalue weighted by atomic mass is 10.1. The van der Waals surface area contributed by atoms with E-state index in [1.807, 2.05) is 31.2 Å². The van der Waals surface area contributed by atoms with Crippen molar-refractivity contribution in [3.63, 3.8) is 0 Å². The Hall–Kier alpha value is -2.33. The molecule has 0 aliphatic carbocycles. The van der Waals surface area contributed by atoms with Crippen LogP contribution < -0.4 is 4.74 Å². The van der Waals surface area contributed by atoms with Gasteiger partial charge in [0.25, 0.3) is 5.89 Å². The van der Waals surface area contributed by atoms with Gasteiger partial charge in [0.15, 0.2) is 6.61 Å². The van der Waals surface area contributed by atoms with Gasteiger partial charge in [-0.2, -0.15) is 0 Å². The smallest absolute Gasteiger partial charge is 0.254 e. The van der Waals surface area contributed by atoms with E-state index >= 15 is 0 Å². The molecule has 2 aromatic carbocycles. The van der Waals surface area contributed by atoms with Crippen molar-refractivity contribution in [2.45, 2.75) is 13.5 Å². The van der Waals surface area contributed by atoms with E-state index in [0.29, 0.717) is 22.6 Å². The molecule has 4 nitrogen and oxygen atoms in total. The minimum absolute atomic E-state index is 0.223. The molecule has 0 saturated carbocycles. The molecule has 0 amide bonds. The highest BCUT2D eigenvalue weighted by Gasteiger charge is 2.10. The Bertz CT molecular complexity index is 738. The Labute approximate surface area is 127 Å². The number of ether oxygens (including phenoxy) is 1. The van der Waals surface area contributed by atoms with Crippen molar-refractivity contribution in [1.82, 2.24) is 10.2 Å². The summed E-state index contributed by atoms with van der Waals surface area (Å²) >= 11 is 5.82. The number of hydrogen-bond acceptors (Lipinski definition) is 4. The van der Waals surface area contributed by atoms with Crippen LogP contribution in [0.4, 0.5) is 0 Å². The SMILES string of the molecule is Cc1ccccc1-c1nnc(COc2ccc(Cl)cc2)o1. The van der Waals surface area contributed by atoms with E-state index < -0.39 is 0 Å². The Balaban J connectivity index is 1.71. The van der Waals surface area contributed by atoms with E-state index in [4.69, 9.17) is 20.8 Å². The molecule has 0 aliphatic heterocycles. The summed E-state index contributed by atoms with van der Waals surface area (Å²) in [5, 5.41) is 8.72. The van der Waals surface area contributed by atoms with E-state index in [-0.39, 0.29) is 6.61 Å². The summed E-state index contributed by atoms with van der Waals surface area (Å²) in [4.78, 5) is 0. The second-order valence-corrected chi connectivity index (χ2v) is 4.99. The van der Waals surface area contributed by atoms with Crippen LogP contribution in [-0.4, -0.2) is 10.2 Å². The lowest BCUT2D eigenvalue weighted by Gasteiger charge is -2.02. The molecule has 0 fully saturated rings. The third kappa shape index (κ3) is 3.23. The highest BCUT2D eigenvalue weighted by atomic mass is 35.5. The highest BCUT2D eigenvalue weighted by molar-refractivity contribution is 6.30. The normalized spacial score (nSPS) is 10.6. The minimum atomic E-state index is 0.223. The largest absolute Gasteiger partial charge is 0.484 e. The number of nitrogens with zero attached hydrogens (tertiary/aromatic N) is 2. The maximum absolute atomic E-state index is 5.82.